The predicted octanol–water partition coefficient (Wildman–Crippen LogP) is 3.90. The second-order valence-electron chi connectivity index (χ2n) is 6.11. The summed E-state index contributed by atoms with van der Waals surface area (Å²) in [5, 5.41) is 2.76. The van der Waals surface area contributed by atoms with E-state index in [9.17, 15) is 9.59 Å². The van der Waals surface area contributed by atoms with Crippen LogP contribution in [-0.4, -0.2) is 18.4 Å². The molecule has 0 unspecified atom stereocenters. The van der Waals surface area contributed by atoms with E-state index in [1.807, 2.05) is 37.3 Å². The Morgan fingerprint density at radius 2 is 1.54 bits per heavy atom. The van der Waals surface area contributed by atoms with Crippen LogP contribution < -0.4 is 20.5 Å². The second-order valence-corrected chi connectivity index (χ2v) is 6.11. The highest BCUT2D eigenvalue weighted by atomic mass is 16.5. The lowest BCUT2D eigenvalue weighted by atomic mass is 10.2. The Morgan fingerprint density at radius 1 is 0.893 bits per heavy atom. The molecule has 0 fully saturated rings. The number of ether oxygens (including phenoxy) is 2. The Morgan fingerprint density at radius 3 is 2.25 bits per heavy atom. The number of hydrogen-bond donors (Lipinski definition) is 2. The maximum Gasteiger partial charge on any atom is 0.262 e. The molecule has 0 aromatic heterocycles. The predicted molar refractivity (Wildman–Crippen MR) is 107 cm³/mol. The van der Waals surface area contributed by atoms with Crippen LogP contribution in [0.5, 0.6) is 17.2 Å². The van der Waals surface area contributed by atoms with E-state index in [4.69, 9.17) is 15.2 Å². The number of amides is 2. The third-order valence-corrected chi connectivity index (χ3v) is 3.92. The molecule has 3 aromatic rings. The lowest BCUT2D eigenvalue weighted by molar-refractivity contribution is -0.118. The second kappa shape index (κ2) is 8.73. The van der Waals surface area contributed by atoms with Gasteiger partial charge in [-0.15, -0.1) is 0 Å². The first-order chi connectivity index (χ1) is 13.5. The summed E-state index contributed by atoms with van der Waals surface area (Å²) in [6.07, 6.45) is 0. The fraction of sp³-hybridized carbons (Fsp3) is 0.0909. The molecule has 0 radical (unpaired) electrons. The molecular formula is C22H20N2O4. The van der Waals surface area contributed by atoms with Crippen molar-refractivity contribution in [3.63, 3.8) is 0 Å². The molecule has 0 saturated carbocycles. The summed E-state index contributed by atoms with van der Waals surface area (Å²) in [5.74, 6) is 0.428. The first kappa shape index (κ1) is 19.0. The van der Waals surface area contributed by atoms with Crippen molar-refractivity contribution in [2.75, 3.05) is 11.9 Å². The van der Waals surface area contributed by atoms with Crippen LogP contribution in [0.15, 0.2) is 72.8 Å². The fourth-order valence-corrected chi connectivity index (χ4v) is 2.52. The summed E-state index contributed by atoms with van der Waals surface area (Å²) >= 11 is 0. The van der Waals surface area contributed by atoms with E-state index in [1.165, 1.54) is 0 Å². The van der Waals surface area contributed by atoms with E-state index in [-0.39, 0.29) is 23.8 Å². The molecule has 0 heterocycles. The average molecular weight is 376 g/mol. The molecular weight excluding hydrogens is 356 g/mol. The quantitative estimate of drug-likeness (QED) is 0.654. The third kappa shape index (κ3) is 4.88. The van der Waals surface area contributed by atoms with Crippen LogP contribution in [0.2, 0.25) is 0 Å². The van der Waals surface area contributed by atoms with Crippen molar-refractivity contribution in [3.8, 4) is 17.2 Å². The number of carbonyl (C=O) groups is 2. The minimum absolute atomic E-state index is 0.221. The third-order valence-electron chi connectivity index (χ3n) is 3.92. The monoisotopic (exact) mass is 376 g/mol. The van der Waals surface area contributed by atoms with E-state index in [2.05, 4.69) is 5.32 Å². The lowest BCUT2D eigenvalue weighted by Crippen LogP contribution is -2.22. The Balaban J connectivity index is 1.66. The van der Waals surface area contributed by atoms with E-state index >= 15 is 0 Å². The zero-order valence-electron chi connectivity index (χ0n) is 15.3. The molecule has 6 heteroatoms. The van der Waals surface area contributed by atoms with Crippen LogP contribution in [0.3, 0.4) is 0 Å². The van der Waals surface area contributed by atoms with Crippen LogP contribution in [-0.2, 0) is 4.79 Å². The van der Waals surface area contributed by atoms with Crippen molar-refractivity contribution < 1.29 is 19.1 Å². The molecule has 0 aliphatic heterocycles. The number of carbonyl (C=O) groups excluding carboxylic acids is 2. The molecule has 0 atom stereocenters. The van der Waals surface area contributed by atoms with Crippen molar-refractivity contribution in [2.24, 2.45) is 5.73 Å². The summed E-state index contributed by atoms with van der Waals surface area (Å²) in [6.45, 7) is 1.72. The van der Waals surface area contributed by atoms with E-state index in [0.717, 1.165) is 5.56 Å². The van der Waals surface area contributed by atoms with Crippen molar-refractivity contribution >= 4 is 17.5 Å². The Hall–Kier alpha value is -3.80. The molecule has 142 valence electrons. The summed E-state index contributed by atoms with van der Waals surface area (Å²) in [6, 6.07) is 21.2. The van der Waals surface area contributed by atoms with Gasteiger partial charge in [0.1, 0.15) is 11.5 Å². The largest absolute Gasteiger partial charge is 0.483 e. The molecule has 28 heavy (non-hydrogen) atoms. The number of hydrogen-bond acceptors (Lipinski definition) is 4. The molecule has 6 nitrogen and oxygen atoms in total. The normalized spacial score (nSPS) is 10.2. The molecule has 0 aliphatic rings. The van der Waals surface area contributed by atoms with Crippen LogP contribution in [0.4, 0.5) is 5.69 Å². The van der Waals surface area contributed by atoms with Crippen molar-refractivity contribution in [3.05, 3.63) is 83.9 Å². The van der Waals surface area contributed by atoms with Gasteiger partial charge in [0.25, 0.3) is 11.8 Å². The van der Waals surface area contributed by atoms with Gasteiger partial charge in [-0.2, -0.15) is 0 Å². The SMILES string of the molecule is Cc1ccc(Oc2ccccc2NC(=O)COc2ccccc2C(N)=O)cc1. The topological polar surface area (TPSA) is 90.7 Å². The minimum Gasteiger partial charge on any atom is -0.483 e. The molecule has 0 saturated heterocycles. The van der Waals surface area contributed by atoms with Gasteiger partial charge in [-0.05, 0) is 43.3 Å². The summed E-state index contributed by atoms with van der Waals surface area (Å²) in [7, 11) is 0. The highest BCUT2D eigenvalue weighted by Gasteiger charge is 2.12. The maximum absolute atomic E-state index is 12.3. The van der Waals surface area contributed by atoms with Gasteiger partial charge in [0.15, 0.2) is 12.4 Å². The standard InChI is InChI=1S/C22H20N2O4/c1-15-10-12-16(13-11-15)28-20-9-5-3-7-18(20)24-21(25)14-27-19-8-4-2-6-17(19)22(23)26/h2-13H,14H2,1H3,(H2,23,26)(H,24,25). The van der Waals surface area contributed by atoms with Gasteiger partial charge in [0.2, 0.25) is 0 Å². The van der Waals surface area contributed by atoms with E-state index < -0.39 is 5.91 Å². The fourth-order valence-electron chi connectivity index (χ4n) is 2.52. The Labute approximate surface area is 162 Å². The van der Waals surface area contributed by atoms with Crippen LogP contribution in [0.1, 0.15) is 15.9 Å². The van der Waals surface area contributed by atoms with E-state index in [0.29, 0.717) is 17.2 Å². The molecule has 0 bridgehead atoms. The van der Waals surface area contributed by atoms with Crippen molar-refractivity contribution in [1.29, 1.82) is 0 Å². The smallest absolute Gasteiger partial charge is 0.262 e. The van der Waals surface area contributed by atoms with Gasteiger partial charge in [-0.25, -0.2) is 0 Å². The first-order valence-corrected chi connectivity index (χ1v) is 8.68. The lowest BCUT2D eigenvalue weighted by Gasteiger charge is -2.13. The van der Waals surface area contributed by atoms with Crippen molar-refractivity contribution in [1.82, 2.24) is 0 Å². The van der Waals surface area contributed by atoms with Crippen molar-refractivity contribution in [2.45, 2.75) is 6.92 Å². The molecule has 0 aliphatic carbocycles. The molecule has 2 amide bonds. The van der Waals surface area contributed by atoms with Gasteiger partial charge >= 0.3 is 0 Å². The highest BCUT2D eigenvalue weighted by molar-refractivity contribution is 5.96. The number of nitrogens with two attached hydrogens (primary N) is 1. The Kier molecular flexibility index (Phi) is 5.91. The average Bonchev–Trinajstić information content (AvgIpc) is 2.70. The first-order valence-electron chi connectivity index (χ1n) is 8.68. The number of primary amides is 1. The van der Waals surface area contributed by atoms with Crippen LogP contribution >= 0.6 is 0 Å². The number of rotatable bonds is 7. The van der Waals surface area contributed by atoms with Crippen LogP contribution in [0.25, 0.3) is 0 Å². The van der Waals surface area contributed by atoms with Gasteiger partial charge in [-0.3, -0.25) is 9.59 Å². The van der Waals surface area contributed by atoms with Crippen LogP contribution in [0, 0.1) is 6.92 Å². The Bertz CT molecular complexity index is 984. The van der Waals surface area contributed by atoms with Gasteiger partial charge in [0.05, 0.1) is 11.3 Å². The minimum atomic E-state index is -0.618. The molecule has 3 N–H and O–H groups in total. The summed E-state index contributed by atoms with van der Waals surface area (Å²) < 4.78 is 11.3. The van der Waals surface area contributed by atoms with E-state index in [1.54, 1.807) is 42.5 Å². The zero-order chi connectivity index (χ0) is 19.9. The number of benzene rings is 3. The number of anilines is 1. The molecule has 3 rings (SSSR count). The highest BCUT2D eigenvalue weighted by Crippen LogP contribution is 2.29. The van der Waals surface area contributed by atoms with Gasteiger partial charge in [-0.1, -0.05) is 42.0 Å². The van der Waals surface area contributed by atoms with Gasteiger partial charge < -0.3 is 20.5 Å². The summed E-state index contributed by atoms with van der Waals surface area (Å²) in [5.41, 5.74) is 7.17. The zero-order valence-corrected chi connectivity index (χ0v) is 15.3. The summed E-state index contributed by atoms with van der Waals surface area (Å²) in [4.78, 5) is 23.7. The molecule has 3 aromatic carbocycles. The molecule has 0 spiro atoms. The number of nitrogens with one attached hydrogen (secondary N) is 1. The van der Waals surface area contributed by atoms with Gasteiger partial charge in [0, 0.05) is 0 Å². The number of aryl methyl sites for hydroxylation is 1. The maximum atomic E-state index is 12.3. The number of para-hydroxylation sites is 3.